The maximum atomic E-state index is 13.1. The van der Waals surface area contributed by atoms with Crippen molar-refractivity contribution in [2.75, 3.05) is 37.6 Å². The predicted molar refractivity (Wildman–Crippen MR) is 96.8 cm³/mol. The second-order valence-corrected chi connectivity index (χ2v) is 6.94. The summed E-state index contributed by atoms with van der Waals surface area (Å²) in [5, 5.41) is 9.14. The SMILES string of the molecule is O=C(O)N1CCC(N(C(=O)CN2CCCCC2)c2ccccc2)CC1. The van der Waals surface area contributed by atoms with Gasteiger partial charge in [-0.15, -0.1) is 0 Å². The van der Waals surface area contributed by atoms with Crippen LogP contribution in [0.3, 0.4) is 0 Å². The number of carboxylic acid groups (broad SMARTS) is 1. The van der Waals surface area contributed by atoms with Crippen LogP contribution in [0.4, 0.5) is 10.5 Å². The highest BCUT2D eigenvalue weighted by atomic mass is 16.4. The van der Waals surface area contributed by atoms with Crippen molar-refractivity contribution in [3.05, 3.63) is 30.3 Å². The molecule has 0 spiro atoms. The van der Waals surface area contributed by atoms with Crippen LogP contribution in [0.15, 0.2) is 30.3 Å². The van der Waals surface area contributed by atoms with Gasteiger partial charge in [-0.2, -0.15) is 0 Å². The molecule has 0 aliphatic carbocycles. The molecule has 1 aromatic rings. The van der Waals surface area contributed by atoms with Crippen LogP contribution < -0.4 is 4.90 Å². The van der Waals surface area contributed by atoms with Gasteiger partial charge in [0.2, 0.25) is 5.91 Å². The van der Waals surface area contributed by atoms with Crippen LogP contribution in [0.25, 0.3) is 0 Å². The summed E-state index contributed by atoms with van der Waals surface area (Å²) >= 11 is 0. The monoisotopic (exact) mass is 345 g/mol. The molecule has 2 aliphatic heterocycles. The Labute approximate surface area is 149 Å². The molecule has 6 heteroatoms. The summed E-state index contributed by atoms with van der Waals surface area (Å²) < 4.78 is 0. The van der Waals surface area contributed by atoms with E-state index >= 15 is 0 Å². The number of rotatable bonds is 4. The second kappa shape index (κ2) is 8.34. The van der Waals surface area contributed by atoms with Gasteiger partial charge >= 0.3 is 6.09 Å². The summed E-state index contributed by atoms with van der Waals surface area (Å²) in [6.45, 7) is 3.41. The molecule has 0 radical (unpaired) electrons. The number of anilines is 1. The topological polar surface area (TPSA) is 64.1 Å². The molecule has 0 bridgehead atoms. The smallest absolute Gasteiger partial charge is 0.407 e. The number of piperidine rings is 2. The number of hydrogen-bond donors (Lipinski definition) is 1. The Morgan fingerprint density at radius 3 is 2.24 bits per heavy atom. The van der Waals surface area contributed by atoms with Gasteiger partial charge in [0.05, 0.1) is 6.54 Å². The van der Waals surface area contributed by atoms with E-state index in [0.717, 1.165) is 31.6 Å². The van der Waals surface area contributed by atoms with Crippen molar-refractivity contribution >= 4 is 17.7 Å². The molecule has 1 aromatic carbocycles. The largest absolute Gasteiger partial charge is 0.465 e. The van der Waals surface area contributed by atoms with Crippen molar-refractivity contribution in [2.24, 2.45) is 0 Å². The molecule has 0 unspecified atom stereocenters. The molecule has 2 amide bonds. The zero-order valence-corrected chi connectivity index (χ0v) is 14.6. The summed E-state index contributed by atoms with van der Waals surface area (Å²) in [5.41, 5.74) is 0.915. The lowest BCUT2D eigenvalue weighted by Crippen LogP contribution is -2.51. The molecule has 1 N–H and O–H groups in total. The Hall–Kier alpha value is -2.08. The Morgan fingerprint density at radius 2 is 1.64 bits per heavy atom. The zero-order chi connectivity index (χ0) is 17.6. The van der Waals surface area contributed by atoms with Crippen LogP contribution in [0.1, 0.15) is 32.1 Å². The van der Waals surface area contributed by atoms with E-state index in [0.29, 0.717) is 32.5 Å². The van der Waals surface area contributed by atoms with Crippen molar-refractivity contribution in [3.63, 3.8) is 0 Å². The minimum atomic E-state index is -0.871. The lowest BCUT2D eigenvalue weighted by Gasteiger charge is -2.39. The molecule has 2 heterocycles. The van der Waals surface area contributed by atoms with E-state index in [2.05, 4.69) is 4.90 Å². The first-order valence-corrected chi connectivity index (χ1v) is 9.22. The molecule has 25 heavy (non-hydrogen) atoms. The van der Waals surface area contributed by atoms with Crippen molar-refractivity contribution < 1.29 is 14.7 Å². The van der Waals surface area contributed by atoms with Gasteiger partial charge in [-0.25, -0.2) is 4.79 Å². The van der Waals surface area contributed by atoms with Gasteiger partial charge in [-0.05, 0) is 50.9 Å². The van der Waals surface area contributed by atoms with Crippen molar-refractivity contribution in [2.45, 2.75) is 38.1 Å². The highest BCUT2D eigenvalue weighted by Gasteiger charge is 2.31. The van der Waals surface area contributed by atoms with E-state index in [-0.39, 0.29) is 11.9 Å². The Morgan fingerprint density at radius 1 is 1.00 bits per heavy atom. The average Bonchev–Trinajstić information content (AvgIpc) is 2.64. The van der Waals surface area contributed by atoms with Crippen molar-refractivity contribution in [3.8, 4) is 0 Å². The third kappa shape index (κ3) is 4.51. The molecule has 136 valence electrons. The molecule has 0 atom stereocenters. The molecule has 6 nitrogen and oxygen atoms in total. The highest BCUT2D eigenvalue weighted by Crippen LogP contribution is 2.24. The highest BCUT2D eigenvalue weighted by molar-refractivity contribution is 5.95. The number of carbonyl (C=O) groups excluding carboxylic acids is 1. The van der Waals surface area contributed by atoms with Crippen LogP contribution in [-0.2, 0) is 4.79 Å². The van der Waals surface area contributed by atoms with Crippen LogP contribution in [0.5, 0.6) is 0 Å². The molecule has 0 aromatic heterocycles. The molecular weight excluding hydrogens is 318 g/mol. The maximum absolute atomic E-state index is 13.1. The second-order valence-electron chi connectivity index (χ2n) is 6.94. The Kier molecular flexibility index (Phi) is 5.91. The molecule has 3 rings (SSSR count). The molecular formula is C19H27N3O3. The number of carbonyl (C=O) groups is 2. The van der Waals surface area contributed by atoms with Crippen molar-refractivity contribution in [1.29, 1.82) is 0 Å². The van der Waals surface area contributed by atoms with Crippen molar-refractivity contribution in [1.82, 2.24) is 9.80 Å². The van der Waals surface area contributed by atoms with E-state index in [1.807, 2.05) is 35.2 Å². The summed E-state index contributed by atoms with van der Waals surface area (Å²) in [4.78, 5) is 29.8. The fraction of sp³-hybridized carbons (Fsp3) is 0.579. The number of hydrogen-bond acceptors (Lipinski definition) is 3. The molecule has 2 aliphatic rings. The normalized spacial score (nSPS) is 19.6. The van der Waals surface area contributed by atoms with Crippen LogP contribution in [0, 0.1) is 0 Å². The third-order valence-corrected chi connectivity index (χ3v) is 5.21. The minimum Gasteiger partial charge on any atom is -0.465 e. The summed E-state index contributed by atoms with van der Waals surface area (Å²) in [6, 6.07) is 9.85. The van der Waals surface area contributed by atoms with Gasteiger partial charge in [-0.3, -0.25) is 9.69 Å². The fourth-order valence-electron chi connectivity index (χ4n) is 3.85. The maximum Gasteiger partial charge on any atom is 0.407 e. The van der Waals surface area contributed by atoms with E-state index in [9.17, 15) is 9.59 Å². The summed E-state index contributed by atoms with van der Waals surface area (Å²) in [7, 11) is 0. The number of amides is 2. The molecule has 2 saturated heterocycles. The van der Waals surface area contributed by atoms with Gasteiger partial charge in [0, 0.05) is 24.8 Å². The van der Waals surface area contributed by atoms with E-state index in [1.165, 1.54) is 11.3 Å². The standard InChI is InChI=1S/C19H27N3O3/c23-18(15-20-11-5-2-6-12-20)22(16-7-3-1-4-8-16)17-9-13-21(14-10-17)19(24)25/h1,3-4,7-8,17H,2,5-6,9-15H2,(H,24,25). The van der Waals surface area contributed by atoms with Gasteiger partial charge < -0.3 is 14.9 Å². The zero-order valence-electron chi connectivity index (χ0n) is 14.6. The van der Waals surface area contributed by atoms with Crippen LogP contribution >= 0.6 is 0 Å². The number of likely N-dealkylation sites (tertiary alicyclic amines) is 2. The van der Waals surface area contributed by atoms with Gasteiger partial charge in [0.25, 0.3) is 0 Å². The van der Waals surface area contributed by atoms with E-state index < -0.39 is 6.09 Å². The first kappa shape index (κ1) is 17.7. The van der Waals surface area contributed by atoms with E-state index in [4.69, 9.17) is 5.11 Å². The first-order chi connectivity index (χ1) is 12.1. The number of para-hydroxylation sites is 1. The fourth-order valence-corrected chi connectivity index (χ4v) is 3.85. The lowest BCUT2D eigenvalue weighted by atomic mass is 10.0. The quantitative estimate of drug-likeness (QED) is 0.911. The number of benzene rings is 1. The summed E-state index contributed by atoms with van der Waals surface area (Å²) in [5.74, 6) is 0.127. The predicted octanol–water partition coefficient (Wildman–Crippen LogP) is 2.65. The molecule has 2 fully saturated rings. The van der Waals surface area contributed by atoms with Gasteiger partial charge in [0.15, 0.2) is 0 Å². The minimum absolute atomic E-state index is 0.0651. The first-order valence-electron chi connectivity index (χ1n) is 9.22. The van der Waals surface area contributed by atoms with Crippen LogP contribution in [0.2, 0.25) is 0 Å². The van der Waals surface area contributed by atoms with E-state index in [1.54, 1.807) is 0 Å². The Balaban J connectivity index is 1.71. The van der Waals surface area contributed by atoms with Gasteiger partial charge in [0.1, 0.15) is 0 Å². The number of nitrogens with zero attached hydrogens (tertiary/aromatic N) is 3. The van der Waals surface area contributed by atoms with Gasteiger partial charge in [-0.1, -0.05) is 24.6 Å². The van der Waals surface area contributed by atoms with Crippen LogP contribution in [-0.4, -0.2) is 65.7 Å². The third-order valence-electron chi connectivity index (χ3n) is 5.21. The molecule has 0 saturated carbocycles. The Bertz CT molecular complexity index is 579. The lowest BCUT2D eigenvalue weighted by molar-refractivity contribution is -0.120. The summed E-state index contributed by atoms with van der Waals surface area (Å²) in [6.07, 6.45) is 4.08. The average molecular weight is 345 g/mol.